The van der Waals surface area contributed by atoms with Gasteiger partial charge in [-0.05, 0) is 42.7 Å². The minimum absolute atomic E-state index is 0.135. The Bertz CT molecular complexity index is 1270. The molecule has 1 unspecified atom stereocenters. The van der Waals surface area contributed by atoms with Crippen molar-refractivity contribution in [2.24, 2.45) is 0 Å². The number of ether oxygens (including phenoxy) is 1. The van der Waals surface area contributed by atoms with Gasteiger partial charge in [0.1, 0.15) is 11.9 Å². The van der Waals surface area contributed by atoms with E-state index in [4.69, 9.17) is 4.74 Å². The fourth-order valence-corrected chi connectivity index (χ4v) is 4.53. The number of carbonyl (C=O) groups excluding carboxylic acids is 1. The first kappa shape index (κ1) is 24.5. The molecule has 1 aliphatic heterocycles. The summed E-state index contributed by atoms with van der Waals surface area (Å²) in [4.78, 5) is 28.9. The van der Waals surface area contributed by atoms with Crippen molar-refractivity contribution < 1.29 is 23.8 Å². The number of thioether (sulfide) groups is 1. The molecule has 4 rings (SSSR count). The van der Waals surface area contributed by atoms with Crippen molar-refractivity contribution in [3.05, 3.63) is 82.3 Å². The van der Waals surface area contributed by atoms with Gasteiger partial charge in [-0.3, -0.25) is 0 Å². The molecule has 10 heteroatoms. The Kier molecular flexibility index (Phi) is 7.50. The number of nitrogens with zero attached hydrogens (tertiary/aromatic N) is 3. The fraction of sp³-hybridized carbons (Fsp3) is 0.280. The Morgan fingerprint density at radius 3 is 2.63 bits per heavy atom. The fourth-order valence-electron chi connectivity index (χ4n) is 3.72. The first-order valence-corrected chi connectivity index (χ1v) is 12.2. The number of benzene rings is 2. The van der Waals surface area contributed by atoms with Gasteiger partial charge in [-0.25, -0.2) is 18.7 Å². The predicted molar refractivity (Wildman–Crippen MR) is 130 cm³/mol. The summed E-state index contributed by atoms with van der Waals surface area (Å²) >= 11 is 1.28. The van der Waals surface area contributed by atoms with Crippen LogP contribution in [0.2, 0.25) is 0 Å². The van der Waals surface area contributed by atoms with E-state index in [1.807, 2.05) is 6.92 Å². The topological polar surface area (TPSA) is 106 Å². The van der Waals surface area contributed by atoms with Crippen molar-refractivity contribution in [3.63, 3.8) is 0 Å². The zero-order chi connectivity index (χ0) is 24.9. The van der Waals surface area contributed by atoms with Gasteiger partial charge in [0.2, 0.25) is 11.1 Å². The summed E-state index contributed by atoms with van der Waals surface area (Å²) in [5.74, 6) is -1.05. The van der Waals surface area contributed by atoms with Gasteiger partial charge in [-0.15, -0.1) is 5.10 Å². The molecular weight excluding hydrogens is 471 g/mol. The molecule has 0 bridgehead atoms. The lowest BCUT2D eigenvalue weighted by atomic mass is 9.95. The molecule has 2 heterocycles. The summed E-state index contributed by atoms with van der Waals surface area (Å²) in [6.45, 7) is 4.07. The molecule has 0 amide bonds. The quantitative estimate of drug-likeness (QED) is 0.241. The number of carboxylic acid groups (broad SMARTS) is 1. The van der Waals surface area contributed by atoms with Crippen molar-refractivity contribution in [3.8, 4) is 0 Å². The molecule has 0 aliphatic carbocycles. The van der Waals surface area contributed by atoms with Crippen LogP contribution in [0.15, 0.2) is 65.0 Å². The van der Waals surface area contributed by atoms with Crippen LogP contribution in [0.3, 0.4) is 0 Å². The minimum Gasteiger partial charge on any atom is -0.478 e. The maximum atomic E-state index is 14.0. The Hall–Kier alpha value is -3.66. The van der Waals surface area contributed by atoms with E-state index in [2.05, 4.69) is 15.4 Å². The number of carbonyl (C=O) groups is 2. The number of rotatable bonds is 9. The Labute approximate surface area is 206 Å². The summed E-state index contributed by atoms with van der Waals surface area (Å²) in [7, 11) is 0. The van der Waals surface area contributed by atoms with Crippen LogP contribution in [0.4, 0.5) is 10.3 Å². The number of anilines is 1. The molecule has 0 spiro atoms. The van der Waals surface area contributed by atoms with Gasteiger partial charge in [-0.1, -0.05) is 55.4 Å². The van der Waals surface area contributed by atoms with Crippen LogP contribution in [0.1, 0.15) is 54.2 Å². The lowest BCUT2D eigenvalue weighted by Crippen LogP contribution is -2.29. The zero-order valence-corrected chi connectivity index (χ0v) is 20.1. The van der Waals surface area contributed by atoms with E-state index in [1.54, 1.807) is 41.9 Å². The number of hydrogen-bond donors (Lipinski definition) is 2. The van der Waals surface area contributed by atoms with Crippen molar-refractivity contribution in [2.45, 2.75) is 43.6 Å². The lowest BCUT2D eigenvalue weighted by Gasteiger charge is -2.28. The van der Waals surface area contributed by atoms with Crippen molar-refractivity contribution in [1.29, 1.82) is 0 Å². The van der Waals surface area contributed by atoms with Gasteiger partial charge >= 0.3 is 11.9 Å². The molecule has 3 aromatic rings. The second-order valence-corrected chi connectivity index (χ2v) is 8.97. The number of nitrogens with one attached hydrogen (secondary N) is 1. The number of carboxylic acids is 1. The van der Waals surface area contributed by atoms with Crippen LogP contribution < -0.4 is 5.32 Å². The molecule has 0 saturated heterocycles. The molecule has 1 aliphatic rings. The van der Waals surface area contributed by atoms with Crippen molar-refractivity contribution in [2.75, 3.05) is 11.9 Å². The zero-order valence-electron chi connectivity index (χ0n) is 19.3. The SMILES string of the molecule is CCCCOC(=O)C1=C(C)Nc2nc(SCc3ccccc3F)nn2C1c1ccc(C(=O)O)cc1. The number of fused-ring (bicyclic) bond motifs is 1. The maximum Gasteiger partial charge on any atom is 0.338 e. The molecule has 35 heavy (non-hydrogen) atoms. The average Bonchev–Trinajstić information content (AvgIpc) is 3.25. The molecule has 8 nitrogen and oxygen atoms in total. The minimum atomic E-state index is -1.04. The molecule has 2 aromatic carbocycles. The normalized spacial score (nSPS) is 14.9. The molecule has 0 fully saturated rings. The van der Waals surface area contributed by atoms with Crippen LogP contribution in [0, 0.1) is 5.82 Å². The van der Waals surface area contributed by atoms with Crippen molar-refractivity contribution in [1.82, 2.24) is 14.8 Å². The summed E-state index contributed by atoms with van der Waals surface area (Å²) in [6, 6.07) is 12.1. The van der Waals surface area contributed by atoms with E-state index in [0.29, 0.717) is 45.9 Å². The molecule has 1 aromatic heterocycles. The molecular formula is C25H25FN4O4S. The third kappa shape index (κ3) is 5.37. The van der Waals surface area contributed by atoms with Crippen LogP contribution in [0.25, 0.3) is 0 Å². The summed E-state index contributed by atoms with van der Waals surface area (Å²) in [5, 5.41) is 17.4. The summed E-state index contributed by atoms with van der Waals surface area (Å²) in [6.07, 6.45) is 1.63. The van der Waals surface area contributed by atoms with Gasteiger partial charge in [0, 0.05) is 11.4 Å². The number of aromatic carboxylic acids is 1. The number of unbranched alkanes of at least 4 members (excludes halogenated alkanes) is 1. The molecule has 182 valence electrons. The first-order valence-electron chi connectivity index (χ1n) is 11.2. The Balaban J connectivity index is 1.68. The third-order valence-corrected chi connectivity index (χ3v) is 6.46. The predicted octanol–water partition coefficient (Wildman–Crippen LogP) is 5.04. The highest BCUT2D eigenvalue weighted by molar-refractivity contribution is 7.98. The third-order valence-electron chi connectivity index (χ3n) is 5.57. The van der Waals surface area contributed by atoms with Crippen LogP contribution in [-0.2, 0) is 15.3 Å². The number of esters is 1. The smallest absolute Gasteiger partial charge is 0.338 e. The highest BCUT2D eigenvalue weighted by atomic mass is 32.2. The van der Waals surface area contributed by atoms with E-state index in [1.165, 1.54) is 30.0 Å². The Morgan fingerprint density at radius 2 is 1.94 bits per heavy atom. The molecule has 1 atom stereocenters. The number of allylic oxidation sites excluding steroid dienone is 1. The molecule has 2 N–H and O–H groups in total. The second kappa shape index (κ2) is 10.7. The molecule has 0 radical (unpaired) electrons. The van der Waals surface area contributed by atoms with E-state index in [-0.39, 0.29) is 11.4 Å². The monoisotopic (exact) mass is 496 g/mol. The first-order chi connectivity index (χ1) is 16.9. The van der Waals surface area contributed by atoms with E-state index < -0.39 is 18.0 Å². The van der Waals surface area contributed by atoms with Crippen molar-refractivity contribution >= 4 is 29.6 Å². The number of aromatic nitrogens is 3. The van der Waals surface area contributed by atoms with Gasteiger partial charge in [0.05, 0.1) is 17.7 Å². The van der Waals surface area contributed by atoms with E-state index in [0.717, 1.165) is 12.8 Å². The van der Waals surface area contributed by atoms with E-state index >= 15 is 0 Å². The highest BCUT2D eigenvalue weighted by Gasteiger charge is 2.35. The second-order valence-electron chi connectivity index (χ2n) is 8.03. The van der Waals surface area contributed by atoms with Gasteiger partial charge in [0.15, 0.2) is 0 Å². The molecule has 0 saturated carbocycles. The van der Waals surface area contributed by atoms with E-state index in [9.17, 15) is 19.1 Å². The number of hydrogen-bond acceptors (Lipinski definition) is 7. The van der Waals surface area contributed by atoms with Crippen LogP contribution in [0.5, 0.6) is 0 Å². The summed E-state index contributed by atoms with van der Waals surface area (Å²) < 4.78 is 21.1. The lowest BCUT2D eigenvalue weighted by molar-refractivity contribution is -0.139. The average molecular weight is 497 g/mol. The maximum absolute atomic E-state index is 14.0. The van der Waals surface area contributed by atoms with Crippen LogP contribution >= 0.6 is 11.8 Å². The standard InChI is InChI=1S/C25H25FN4O4S/c1-3-4-13-34-23(33)20-15(2)27-24-28-25(35-14-18-7-5-6-8-19(18)26)29-30(24)21(20)16-9-11-17(12-10-16)22(31)32/h5-12,21H,3-4,13-14H2,1-2H3,(H,31,32)(H,27,28,29). The van der Waals surface area contributed by atoms with Gasteiger partial charge in [-0.2, -0.15) is 4.98 Å². The number of halogens is 1. The van der Waals surface area contributed by atoms with Gasteiger partial charge < -0.3 is 15.2 Å². The largest absolute Gasteiger partial charge is 0.478 e. The summed E-state index contributed by atoms with van der Waals surface area (Å²) in [5.41, 5.74) is 2.27. The van der Waals surface area contributed by atoms with Gasteiger partial charge in [0.25, 0.3) is 0 Å². The van der Waals surface area contributed by atoms with Crippen LogP contribution in [-0.4, -0.2) is 38.4 Å². The highest BCUT2D eigenvalue weighted by Crippen LogP contribution is 2.37. The Morgan fingerprint density at radius 1 is 1.20 bits per heavy atom.